The fraction of sp³-hybridized carbons (Fsp3) is 0.511. The minimum absolute atomic E-state index is 0. The molecule has 2 aliphatic heterocycles. The summed E-state index contributed by atoms with van der Waals surface area (Å²) in [6.07, 6.45) is 4.76. The van der Waals surface area contributed by atoms with Gasteiger partial charge in [-0.25, -0.2) is 32.5 Å². The average molecular weight is 1500 g/mol. The lowest BCUT2D eigenvalue weighted by atomic mass is 9.78. The maximum Gasteiger partial charge on any atom is 0.350 e. The molecule has 0 aliphatic carbocycles. The smallest absolute Gasteiger partial charge is 0.350 e. The third-order valence-corrected chi connectivity index (χ3v) is 12.5. The zero-order chi connectivity index (χ0) is 42.6. The van der Waals surface area contributed by atoms with Crippen LogP contribution in [0.15, 0.2) is 72.3 Å². The van der Waals surface area contributed by atoms with Crippen LogP contribution >= 0.6 is 0 Å². The summed E-state index contributed by atoms with van der Waals surface area (Å²) in [6, 6.07) is 14.2. The summed E-state index contributed by atoms with van der Waals surface area (Å²) >= 11 is 0. The van der Waals surface area contributed by atoms with Crippen molar-refractivity contribution in [3.8, 4) is 11.4 Å². The molecule has 1 N–H and O–H groups in total. The molecule has 0 radical (unpaired) electrons. The van der Waals surface area contributed by atoms with Crippen LogP contribution in [0.25, 0.3) is 5.69 Å². The summed E-state index contributed by atoms with van der Waals surface area (Å²) in [7, 11) is 0. The Hall–Kier alpha value is -5.08. The van der Waals surface area contributed by atoms with Crippen molar-refractivity contribution in [2.24, 2.45) is 11.3 Å². The van der Waals surface area contributed by atoms with Crippen LogP contribution in [-0.4, -0.2) is 78.7 Å². The molecule has 0 saturated carbocycles. The Morgan fingerprint density at radius 2 is 1.58 bits per heavy atom. The number of aromatic nitrogens is 6. The van der Waals surface area contributed by atoms with Crippen molar-refractivity contribution in [2.75, 3.05) is 42.6 Å². The second-order valence-electron chi connectivity index (χ2n) is 18.1. The van der Waals surface area contributed by atoms with E-state index in [-0.39, 0.29) is 501 Å². The lowest BCUT2D eigenvalue weighted by molar-refractivity contribution is -0.0787. The van der Waals surface area contributed by atoms with E-state index in [2.05, 4.69) is 50.1 Å². The van der Waals surface area contributed by atoms with E-state index in [0.29, 0.717) is 29.7 Å². The summed E-state index contributed by atoms with van der Waals surface area (Å²) in [5.41, 5.74) is 2.36. The van der Waals surface area contributed by atoms with E-state index in [0.717, 1.165) is 60.6 Å². The van der Waals surface area contributed by atoms with Gasteiger partial charge in [0.15, 0.2) is 0 Å². The fourth-order valence-electron chi connectivity index (χ4n) is 9.56. The Balaban J connectivity index is -0.000000000377. The van der Waals surface area contributed by atoms with Crippen molar-refractivity contribution in [3.05, 3.63) is 112 Å². The molecule has 3 aromatic carbocycles. The van der Waals surface area contributed by atoms with Gasteiger partial charge in [-0.1, -0.05) is 20.8 Å². The van der Waals surface area contributed by atoms with Gasteiger partial charge in [0, 0.05) is 539 Å². The highest BCUT2D eigenvalue weighted by atomic mass is 19.1. The van der Waals surface area contributed by atoms with Crippen LogP contribution in [0.2, 0.25) is 0 Å². The van der Waals surface area contributed by atoms with E-state index < -0.39 is 40.3 Å². The van der Waals surface area contributed by atoms with Crippen molar-refractivity contribution < 1.29 is 507 Å². The van der Waals surface area contributed by atoms with Gasteiger partial charge in [0.05, 0.1) is 36.1 Å². The normalized spacial score (nSPS) is 21.2. The van der Waals surface area contributed by atoms with E-state index in [1.807, 2.05) is 58.9 Å². The molecule has 0 spiro atoms. The molecule has 2 fully saturated rings. The predicted octanol–water partition coefficient (Wildman–Crippen LogP) is 90.9. The zero-order valence-electron chi connectivity index (χ0n) is 35.9. The molecule has 5 atom stereocenters. The second-order valence-corrected chi connectivity index (χ2v) is 18.1. The SMILES string of the molecule is Cc1cc(-n2cnn([C@@H](C(C)(C)C)C(C)(C)O)c2=O)ccc1N1CCN(c2ccc(OC[C@H]3C[C@@](c4c(F)cc(F)c(C)c4C)(C(C)n4cncn4)OC3C)cc2)CC1.[HH].[HH].[HH].[HH].[HH].[HH].[HH].[HH].[HH].[HH].[HH].[HH].[HH].[HH].[HH].[HH].[HH].[HH].[HH].[HH].[HH].[HH].[HH].[HH].[HH].[HH].[HH].[HH].[HH].[HH].[HH].[HH].[HH].[HH].[HH].[HH].[HH].[HH].[HH].[HH].[HH].[HH].[HH].[HH].[HH].[HH].[HH].[HH].[HH].[HH].[HH].[HH].[HH].[HH].[HH].[HH].[HH].[HH].[HH].[HH].[HH].[HH].[HH].[HH].[HH].[HH].[HH].[HH].[HH].[HH].[HH].[HH].[HH].[HH].[HH].[HH].[HH].[HH].[HH].[HH].[HH].[HH].[HH].[HH].[HH].[HH].[HH].[HH].[HH].[HH].[HH].[HH].[HH].[HH].[HH].[HH].[HH].[HH].[HH].[HH].[HH].[HH].[HH].[HH].[HH].[HH].[HH].[HH].[HH].[HH].[HH].[HH].[HH].[HH].[HH].[HH].[HH].[HH].[HH].[HH].[HH].[HH].[HH].[HH].[HH].[HH].[HH].[HH].[HH].[HH].[HH].[HH].[HH].[HH].[HH].[HH].[HH].[HH].[HH].[HH].[HH].[HH].[HH].[HH].[HH].[HH].[HH].[HH].[HH].[HH].[HH].[HH].[HH].[HH].[HH].[HH].[HH].[HH].[HH].[HH].[HH].[HH].[HH].[HH].[HH].[HH].[HH].[HH].[HH].[HH].[HH].[HH].[HH].[HH].[HH].[HH].[HH].[HH].[HH].[HH].[HH].[HH].[HH].[HH].[HH].[HH].[HH].[HH].[HH].[HH].[HH].[HH].[HH].[HH].[HH].[HH].[HH].[HH].[HH].[HH].[HH].[HH].[HH].[HH].[HH].[HH].[HH].[HH].[HH].[HH].[HH].[HH].[HH].[HH].[HH].[HH].[HH].[HH].[HH].[HH].[HH].[HH].[HH].[HH].[HH].[HH].[HH].[HH].[HH].[HH].[HH].[HH].[HH].[HH].[HH].[HH].[HH].[HH].[HH].[HH].[HH].[HH].[HH].[HH].[HH].[HH].[HH].[HH].[HH].[HH].[HH].[HH].[HH].[HH].[HH].[HH].[HH].[HH].[HH].[HH].[HH].[HH].[HH].[HH].[HH].[HH].[HH].[HH].[HH].[HH].[HH].[HH].[HH].[HH].[HH].[HH].[HH].[HH].[HH].[HH].[HH].[HH].[HH].[HH].[HH].[HH].[HH].[HH].[HH].[HH].[HH].[HH].[HH].[HH].[HH].[HH].[HH].[HH].[HH].[HH].[HH].[HH].[HH].[HH].[HH].[HH].[HH].[HH].[HH].[HH].[HH].[HH].[HH].[HH].[HH].[HH].[HH].[HH].[HH].[HH].[HH].[HH].[HH].[HH].[HH].[HH].[HH].[HH].[HH].[HH].[HH].[HH].[HH].[HH].[HH].[HH].[HH].[HH].[HH]. The zero-order valence-corrected chi connectivity index (χ0v) is 35.9. The summed E-state index contributed by atoms with van der Waals surface area (Å²) in [4.78, 5) is 22.4. The van der Waals surface area contributed by atoms with Gasteiger partial charge < -0.3 is 24.4 Å². The summed E-state index contributed by atoms with van der Waals surface area (Å²) < 4.78 is 48.0. The van der Waals surface area contributed by atoms with Crippen molar-refractivity contribution >= 4 is 11.4 Å². The number of piperazine rings is 1. The van der Waals surface area contributed by atoms with Gasteiger partial charge in [-0.15, -0.1) is 0 Å². The van der Waals surface area contributed by atoms with E-state index >= 15 is 4.39 Å². The first kappa shape index (κ1) is 42.1. The van der Waals surface area contributed by atoms with Crippen LogP contribution in [0.1, 0.15) is 573 Å². The van der Waals surface area contributed by atoms with Crippen LogP contribution in [-0.2, 0) is 10.3 Å². The first-order valence-electron chi connectivity index (χ1n) is 20.5. The quantitative estimate of drug-likeness (QED) is 0.138. The van der Waals surface area contributed by atoms with E-state index in [1.54, 1.807) is 43.3 Å². The third-order valence-electron chi connectivity index (χ3n) is 12.5. The molecule has 59 heavy (non-hydrogen) atoms. The molecule has 14 heteroatoms. The van der Waals surface area contributed by atoms with Gasteiger partial charge in [-0.2, -0.15) is 10.2 Å². The number of hydrogen-bond acceptors (Lipinski definition) is 9. The Labute approximate surface area is 848 Å². The fourth-order valence-corrected chi connectivity index (χ4v) is 9.56. The van der Waals surface area contributed by atoms with Crippen LogP contribution in [0, 0.1) is 43.7 Å². The topological polar surface area (TPSA) is 116 Å². The molecule has 994 valence electrons. The Morgan fingerprint density at radius 3 is 2.19 bits per heavy atom. The van der Waals surface area contributed by atoms with E-state index in [4.69, 9.17) is 9.47 Å². The molecule has 2 aliphatic rings. The van der Waals surface area contributed by atoms with Crippen molar-refractivity contribution in [1.82, 2.24) is 29.1 Å². The molecule has 2 unspecified atom stereocenters. The number of ether oxygens (including phenoxy) is 2. The number of halogens is 2. The molecular weight excluding hydrogens is 755 g/mol. The van der Waals surface area contributed by atoms with Gasteiger partial charge in [-0.3, -0.25) is 0 Å². The largest absolute Gasteiger partial charge is 0.493 e. The number of aryl methyl sites for hydroxylation is 1. The van der Waals surface area contributed by atoms with Gasteiger partial charge >= 0.3 is 5.69 Å². The highest BCUT2D eigenvalue weighted by Gasteiger charge is 2.53. The molecular formula is C45H736F2N8O4. The molecule has 5 aromatic rings. The molecule has 2 saturated heterocycles. The van der Waals surface area contributed by atoms with Crippen molar-refractivity contribution in [3.63, 3.8) is 0 Å². The minimum Gasteiger partial charge on any atom is -0.493 e. The summed E-state index contributed by atoms with van der Waals surface area (Å²) in [5.74, 6) is -0.555. The molecule has 2 aromatic heterocycles. The average Bonchev–Trinajstić information content (AvgIpc) is 1.57. The minimum atomic E-state index is -1.15. The van der Waals surface area contributed by atoms with Crippen LogP contribution in [0.5, 0.6) is 5.75 Å². The Morgan fingerprint density at radius 1 is 0.915 bits per heavy atom. The molecule has 0 amide bonds. The maximum absolute atomic E-state index is 15.8. The Bertz CT molecular complexity index is 2550. The van der Waals surface area contributed by atoms with Crippen LogP contribution in [0.4, 0.5) is 20.2 Å². The molecule has 7 rings (SSSR count). The summed E-state index contributed by atoms with van der Waals surface area (Å²) in [5, 5.41) is 19.7. The van der Waals surface area contributed by atoms with E-state index in [1.165, 1.54) is 17.3 Å². The lowest BCUT2D eigenvalue weighted by Gasteiger charge is -2.38. The van der Waals surface area contributed by atoms with Gasteiger partial charge in [0.25, 0.3) is 0 Å². The lowest BCUT2D eigenvalue weighted by Crippen LogP contribution is -2.46. The molecule has 12 nitrogen and oxygen atoms in total. The van der Waals surface area contributed by atoms with Crippen molar-refractivity contribution in [1.29, 1.82) is 0 Å². The number of rotatable bonds is 11. The standard InChI is InChI=1S/C45H58F2N8O4.339H2/c1-28-21-35(53-27-50-55(42(53)56)41(43(6,7)8)44(9,10)57)13-16-39(28)52-19-17-51(18-20-52)34-11-14-36(15-12-34)58-24-33-23-45(59-31(33)4,32(5)54-26-48-25-49-54)40-30(3)29(2)37(46)22-38(40)47;;;;;;;;;;;;;;;;;;;;;;;;;;;;;;;;;;;;;;;;;;;;;;;;;;;;;;;;;;;;;;;;;;;;;;;;;;;;;;;;;;;;;;;;;;;;;;;;;;;;;;;;;;;;;;;;;;;;;;;;;;;;;;;;;;;;;;;;;;;;;;;;;;;;;;;;;;;;;;;;;;;;;;;;;;;;;;;;;;;;;;;;;;;;;;;;;;;;;;;;;;;;;;;;;;;;;;;;;;;;;;;;;;;;;;;;;;;;;;;;;;;;;;;;;;;;;;;;;;;;;;;;;;;;;;;;;;;;;;;;;;;;;;;;;;;;;;;;;;;;;;;;;;;;;;;;;;;;;;;;;;;;;;;;;;;;;;;;;;;/h11-16,21-22,25-27,31-33,41,57H,17-20,23-24H2,1-10H3;339*1H/t31?,32?,33-,41+,45+;;;;;;;;;;;;;;;;;;;;;;;;;;;;;;;;;;;;;;;;;;;;;;;;;;;;;;;;;;;;;;;;;;;;;;;;;;;;;;;;;;;;;;;;;;;;;;;;;;;;;;;;;;;;;;;;;;;;;;;;;;;;;;;;;;;;;;;;;;;;;;;;;;;;;;;;;;;;;;;;;;;;;;;;;;;;;;;;;;;;;;;;;;;;;;;;;;;;;;;;;;;;;;;;;;;;;;;;;;;;;;;;;;;;;;;;;;;;;;;;;;;;;;;;;;;;;;;;;;;;;;;;;;;;;;;;;;;;;;;;;;;;;;;;;;;;;;;;;;;;;;;;;;;;;;;;;;;;;;;;;;;;;;;;;;;;;;;;;;;/m1.................................................................................................................................................................................................................................................................................................................................................../s1. The molecule has 0 bridgehead atoms. The monoisotopic (exact) mass is 1500 g/mol. The first-order valence-corrected chi connectivity index (χ1v) is 20.5. The van der Waals surface area contributed by atoms with Gasteiger partial charge in [0.2, 0.25) is 0 Å². The Kier molecular flexibility index (Phi) is 11.3. The summed E-state index contributed by atoms with van der Waals surface area (Å²) in [6.45, 7) is 22.5. The third kappa shape index (κ3) is 8.01. The maximum atomic E-state index is 15.8. The van der Waals surface area contributed by atoms with Crippen molar-refractivity contribution in [2.45, 2.75) is 105 Å². The number of anilines is 2. The van der Waals surface area contributed by atoms with E-state index in [9.17, 15) is 14.3 Å². The van der Waals surface area contributed by atoms with Gasteiger partial charge in [-0.05, 0) is 119 Å². The highest BCUT2D eigenvalue weighted by Crippen LogP contribution is 2.51. The number of hydrogen-bond donors (Lipinski definition) is 1. The first-order chi connectivity index (χ1) is 27.8. The number of nitrogens with zero attached hydrogens (tertiary/aromatic N) is 8. The number of aliphatic hydroxyl groups is 1. The highest BCUT2D eigenvalue weighted by molar-refractivity contribution is 5.59. The second kappa shape index (κ2) is 15.8. The van der Waals surface area contributed by atoms with Gasteiger partial charge in [0.1, 0.15) is 42.0 Å². The predicted molar refractivity (Wildman–Crippen MR) is 941 cm³/mol. The molecule has 4 heterocycles. The van der Waals surface area contributed by atoms with Crippen LogP contribution in [0.3, 0.4) is 0 Å². The number of benzene rings is 3. The van der Waals surface area contributed by atoms with Crippen LogP contribution < -0.4 is 20.2 Å².